The first-order valence-corrected chi connectivity index (χ1v) is 30.9. The van der Waals surface area contributed by atoms with Crippen molar-refractivity contribution in [2.24, 2.45) is 0 Å². The van der Waals surface area contributed by atoms with Gasteiger partial charge in [0.05, 0.1) is 0 Å². The lowest BCUT2D eigenvalue weighted by atomic mass is 10.0. The van der Waals surface area contributed by atoms with Crippen molar-refractivity contribution >= 4 is 17.9 Å². The normalized spacial score (nSPS) is 12.9. The van der Waals surface area contributed by atoms with Gasteiger partial charge in [-0.15, -0.1) is 0 Å². The molecule has 0 aliphatic rings. The molecule has 0 N–H and O–H groups in total. The third kappa shape index (κ3) is 59.0. The molecule has 0 aliphatic heterocycles. The number of allylic oxidation sites excluding steroid dienone is 18. The topological polar surface area (TPSA) is 78.9 Å². The van der Waals surface area contributed by atoms with E-state index in [9.17, 15) is 14.4 Å². The number of carbonyl (C=O) groups is 3. The number of esters is 3. The van der Waals surface area contributed by atoms with Crippen LogP contribution in [0.25, 0.3) is 0 Å². The molecule has 0 aromatic rings. The smallest absolute Gasteiger partial charge is 0.306 e. The van der Waals surface area contributed by atoms with Gasteiger partial charge in [0.1, 0.15) is 13.2 Å². The van der Waals surface area contributed by atoms with Gasteiger partial charge in [0, 0.05) is 19.3 Å². The Labute approximate surface area is 457 Å². The van der Waals surface area contributed by atoms with Crippen molar-refractivity contribution in [2.75, 3.05) is 13.2 Å². The molecule has 0 aromatic heterocycles. The maximum absolute atomic E-state index is 12.9. The van der Waals surface area contributed by atoms with E-state index in [1.54, 1.807) is 0 Å². The molecule has 0 amide bonds. The number of rotatable bonds is 55. The van der Waals surface area contributed by atoms with Gasteiger partial charge in [-0.25, -0.2) is 0 Å². The van der Waals surface area contributed by atoms with Crippen molar-refractivity contribution in [3.05, 3.63) is 109 Å². The molecule has 0 bridgehead atoms. The maximum Gasteiger partial charge on any atom is 0.306 e. The zero-order valence-corrected chi connectivity index (χ0v) is 48.3. The van der Waals surface area contributed by atoms with E-state index in [1.807, 2.05) is 0 Å². The minimum absolute atomic E-state index is 0.0880. The minimum atomic E-state index is -0.793. The third-order valence-electron chi connectivity index (χ3n) is 13.0. The number of carbonyl (C=O) groups excluding carboxylic acids is 3. The van der Waals surface area contributed by atoms with E-state index in [0.29, 0.717) is 19.3 Å². The highest BCUT2D eigenvalue weighted by molar-refractivity contribution is 5.71. The molecule has 74 heavy (non-hydrogen) atoms. The molecular formula is C68H114O6. The fraction of sp³-hybridized carbons (Fsp3) is 0.691. The van der Waals surface area contributed by atoms with Crippen LogP contribution in [0.15, 0.2) is 109 Å². The first kappa shape index (κ1) is 70.1. The molecule has 0 heterocycles. The Morgan fingerprint density at radius 2 is 0.527 bits per heavy atom. The highest BCUT2D eigenvalue weighted by Gasteiger charge is 2.19. The maximum atomic E-state index is 12.9. The van der Waals surface area contributed by atoms with Crippen molar-refractivity contribution < 1.29 is 28.6 Å². The predicted octanol–water partition coefficient (Wildman–Crippen LogP) is 21.0. The molecular weight excluding hydrogens is 913 g/mol. The van der Waals surface area contributed by atoms with Gasteiger partial charge in [-0.2, -0.15) is 0 Å². The zero-order valence-electron chi connectivity index (χ0n) is 48.3. The standard InChI is InChI=1S/C68H114O6/c1-4-7-10-13-16-19-22-25-27-28-29-30-31-32-33-34-35-36-37-38-39-40-42-43-46-49-52-55-58-61-67(70)73-64-65(63-72-66(69)60-57-54-51-48-45-24-21-18-15-12-9-6-3)74-68(71)62-59-56-53-50-47-44-41-26-23-20-17-14-11-8-5-2/h7,10,16,19,25-27,29-30,32-33,35-36,38-39,41-43,65H,4-6,8-9,11-15,17-18,20-24,28,31,34,37,40,44-64H2,1-3H3/b10-7-,19-16-,27-25-,30-29-,33-32-,36-35-,39-38-,41-26-,43-42-. The summed E-state index contributed by atoms with van der Waals surface area (Å²) in [6, 6.07) is 0. The molecule has 0 aliphatic carbocycles. The minimum Gasteiger partial charge on any atom is -0.462 e. The van der Waals surface area contributed by atoms with Crippen LogP contribution in [0.1, 0.15) is 284 Å². The summed E-state index contributed by atoms with van der Waals surface area (Å²) in [6.45, 7) is 6.50. The quantitative estimate of drug-likeness (QED) is 0.0261. The van der Waals surface area contributed by atoms with Gasteiger partial charge in [-0.3, -0.25) is 14.4 Å². The summed E-state index contributed by atoms with van der Waals surface area (Å²) in [5, 5.41) is 0. The lowest BCUT2D eigenvalue weighted by Gasteiger charge is -2.18. The highest BCUT2D eigenvalue weighted by Crippen LogP contribution is 2.15. The van der Waals surface area contributed by atoms with Gasteiger partial charge in [-0.05, 0) is 109 Å². The molecule has 0 saturated heterocycles. The lowest BCUT2D eigenvalue weighted by molar-refractivity contribution is -0.167. The van der Waals surface area contributed by atoms with Gasteiger partial charge in [0.25, 0.3) is 0 Å². The van der Waals surface area contributed by atoms with Crippen LogP contribution in [0.4, 0.5) is 0 Å². The Kier molecular flexibility index (Phi) is 58.3. The molecule has 0 spiro atoms. The van der Waals surface area contributed by atoms with Crippen LogP contribution in [0, 0.1) is 0 Å². The van der Waals surface area contributed by atoms with Crippen LogP contribution < -0.4 is 0 Å². The molecule has 0 fully saturated rings. The van der Waals surface area contributed by atoms with Crippen molar-refractivity contribution in [3.8, 4) is 0 Å². The van der Waals surface area contributed by atoms with E-state index in [-0.39, 0.29) is 31.1 Å². The molecule has 6 heteroatoms. The Hall–Kier alpha value is -3.93. The fourth-order valence-electron chi connectivity index (χ4n) is 8.39. The van der Waals surface area contributed by atoms with Crippen LogP contribution >= 0.6 is 0 Å². The predicted molar refractivity (Wildman–Crippen MR) is 320 cm³/mol. The van der Waals surface area contributed by atoms with Crippen LogP contribution in [-0.2, 0) is 28.6 Å². The van der Waals surface area contributed by atoms with Gasteiger partial charge < -0.3 is 14.2 Å². The second kappa shape index (κ2) is 61.6. The first-order valence-electron chi connectivity index (χ1n) is 30.9. The monoisotopic (exact) mass is 1030 g/mol. The summed E-state index contributed by atoms with van der Waals surface area (Å²) in [7, 11) is 0. The van der Waals surface area contributed by atoms with Crippen LogP contribution in [0.2, 0.25) is 0 Å². The van der Waals surface area contributed by atoms with Gasteiger partial charge in [-0.1, -0.05) is 265 Å². The molecule has 1 atom stereocenters. The summed E-state index contributed by atoms with van der Waals surface area (Å²) in [5.41, 5.74) is 0. The van der Waals surface area contributed by atoms with Crippen molar-refractivity contribution in [3.63, 3.8) is 0 Å². The molecule has 0 radical (unpaired) electrons. The summed E-state index contributed by atoms with van der Waals surface area (Å²) in [5.74, 6) is -0.918. The van der Waals surface area contributed by atoms with Crippen LogP contribution in [-0.4, -0.2) is 37.2 Å². The number of ether oxygens (including phenoxy) is 3. The number of hydrogen-bond donors (Lipinski definition) is 0. The van der Waals surface area contributed by atoms with E-state index in [1.165, 1.54) is 109 Å². The van der Waals surface area contributed by atoms with Crippen molar-refractivity contribution in [2.45, 2.75) is 290 Å². The number of unbranched alkanes of at least 4 members (excludes halogenated alkanes) is 26. The van der Waals surface area contributed by atoms with E-state index < -0.39 is 6.10 Å². The molecule has 1 unspecified atom stereocenters. The first-order chi connectivity index (χ1) is 36.5. The average Bonchev–Trinajstić information content (AvgIpc) is 3.40. The van der Waals surface area contributed by atoms with E-state index in [2.05, 4.69) is 130 Å². The summed E-state index contributed by atoms with van der Waals surface area (Å²) < 4.78 is 16.9. The van der Waals surface area contributed by atoms with Gasteiger partial charge in [0.2, 0.25) is 0 Å². The Bertz CT molecular complexity index is 1510. The third-order valence-corrected chi connectivity index (χ3v) is 13.0. The van der Waals surface area contributed by atoms with Gasteiger partial charge in [0.15, 0.2) is 6.10 Å². The molecule has 0 saturated carbocycles. The summed E-state index contributed by atoms with van der Waals surface area (Å²) in [4.78, 5) is 38.2. The van der Waals surface area contributed by atoms with Crippen molar-refractivity contribution in [1.82, 2.24) is 0 Å². The van der Waals surface area contributed by atoms with E-state index >= 15 is 0 Å². The molecule has 0 aromatic carbocycles. The summed E-state index contributed by atoms with van der Waals surface area (Å²) >= 11 is 0. The summed E-state index contributed by atoms with van der Waals surface area (Å²) in [6.07, 6.45) is 83.7. The van der Waals surface area contributed by atoms with Crippen LogP contribution in [0.5, 0.6) is 0 Å². The van der Waals surface area contributed by atoms with E-state index in [4.69, 9.17) is 14.2 Å². The Morgan fingerprint density at radius 3 is 0.838 bits per heavy atom. The van der Waals surface area contributed by atoms with E-state index in [0.717, 1.165) is 135 Å². The molecule has 0 rings (SSSR count). The van der Waals surface area contributed by atoms with Crippen LogP contribution in [0.3, 0.4) is 0 Å². The second-order valence-corrected chi connectivity index (χ2v) is 20.2. The van der Waals surface area contributed by atoms with Crippen molar-refractivity contribution in [1.29, 1.82) is 0 Å². The number of hydrogen-bond acceptors (Lipinski definition) is 6. The second-order valence-electron chi connectivity index (χ2n) is 20.2. The average molecular weight is 1030 g/mol. The largest absolute Gasteiger partial charge is 0.462 e. The fourth-order valence-corrected chi connectivity index (χ4v) is 8.39. The molecule has 422 valence electrons. The Balaban J connectivity index is 4.35. The zero-order chi connectivity index (χ0) is 53.6. The lowest BCUT2D eigenvalue weighted by Crippen LogP contribution is -2.30. The highest BCUT2D eigenvalue weighted by atomic mass is 16.6. The molecule has 6 nitrogen and oxygen atoms in total. The Morgan fingerprint density at radius 1 is 0.284 bits per heavy atom. The van der Waals surface area contributed by atoms with Gasteiger partial charge >= 0.3 is 17.9 Å². The SMILES string of the molecule is CC/C=C\C/C=C\C/C=C\C/C=C\C/C=C\C/C=C\C/C=C\C/C=C\CCCCCCC(=O)OCC(COC(=O)CCCCCCCCCCCCCC)OC(=O)CCCCCCC/C=C\CCCCCCCC.